The summed E-state index contributed by atoms with van der Waals surface area (Å²) >= 11 is 0. The van der Waals surface area contributed by atoms with Crippen LogP contribution in [0, 0.1) is 0 Å². The van der Waals surface area contributed by atoms with Gasteiger partial charge < -0.3 is 15.4 Å². The van der Waals surface area contributed by atoms with Gasteiger partial charge in [0.2, 0.25) is 5.91 Å². The molecular weight excluding hydrogens is 253 g/mol. The largest absolute Gasteiger partial charge is 0.467 e. The van der Waals surface area contributed by atoms with Gasteiger partial charge in [0.25, 0.3) is 0 Å². The van der Waals surface area contributed by atoms with Gasteiger partial charge in [0.1, 0.15) is 6.04 Å². The van der Waals surface area contributed by atoms with Crippen LogP contribution < -0.4 is 10.6 Å². The van der Waals surface area contributed by atoms with Crippen molar-refractivity contribution in [3.8, 4) is 0 Å². The zero-order chi connectivity index (χ0) is 14.2. The number of ether oxygens (including phenoxy) is 1. The molecule has 0 fully saturated rings. The first-order chi connectivity index (χ1) is 8.30. The highest BCUT2D eigenvalue weighted by molar-refractivity contribution is 5.85. The number of nitrogens with one attached hydrogen (secondary N) is 2. The number of amides is 1. The third-order valence-corrected chi connectivity index (χ3v) is 1.83. The van der Waals surface area contributed by atoms with Gasteiger partial charge >= 0.3 is 12.1 Å². The number of esters is 1. The second-order valence-corrected chi connectivity index (χ2v) is 3.39. The average molecular weight is 268 g/mol. The fourth-order valence-electron chi connectivity index (χ4n) is 1.09. The van der Waals surface area contributed by atoms with Gasteiger partial charge in [0.15, 0.2) is 0 Å². The Morgan fingerprint density at radius 2 is 2.06 bits per heavy atom. The highest BCUT2D eigenvalue weighted by Gasteiger charge is 2.27. The van der Waals surface area contributed by atoms with Crippen molar-refractivity contribution >= 4 is 11.9 Å². The first kappa shape index (κ1) is 16.4. The lowest BCUT2D eigenvalue weighted by Gasteiger charge is -2.15. The molecule has 104 valence electrons. The van der Waals surface area contributed by atoms with Gasteiger partial charge in [-0.15, -0.1) is 6.58 Å². The van der Waals surface area contributed by atoms with E-state index in [-0.39, 0.29) is 6.42 Å². The Morgan fingerprint density at radius 3 is 2.50 bits per heavy atom. The van der Waals surface area contributed by atoms with Crippen LogP contribution in [0.3, 0.4) is 0 Å². The van der Waals surface area contributed by atoms with Crippen LogP contribution in [0.2, 0.25) is 0 Å². The molecule has 0 radical (unpaired) electrons. The van der Waals surface area contributed by atoms with E-state index in [9.17, 15) is 22.8 Å². The third-order valence-electron chi connectivity index (χ3n) is 1.83. The van der Waals surface area contributed by atoms with Crippen molar-refractivity contribution < 1.29 is 27.5 Å². The quantitative estimate of drug-likeness (QED) is 0.517. The molecule has 0 saturated carbocycles. The van der Waals surface area contributed by atoms with Crippen molar-refractivity contribution in [2.24, 2.45) is 0 Å². The smallest absolute Gasteiger partial charge is 0.401 e. The fraction of sp³-hybridized carbons (Fsp3) is 0.600. The van der Waals surface area contributed by atoms with E-state index >= 15 is 0 Å². The Morgan fingerprint density at radius 1 is 1.44 bits per heavy atom. The molecule has 0 rings (SSSR count). The van der Waals surface area contributed by atoms with Crippen molar-refractivity contribution in [2.45, 2.75) is 18.6 Å². The molecule has 0 saturated heterocycles. The Bertz CT molecular complexity index is 305. The summed E-state index contributed by atoms with van der Waals surface area (Å²) in [6.07, 6.45) is -2.86. The molecule has 0 bridgehead atoms. The molecule has 0 aliphatic carbocycles. The van der Waals surface area contributed by atoms with Gasteiger partial charge in [0, 0.05) is 0 Å². The van der Waals surface area contributed by atoms with Gasteiger partial charge in [-0.2, -0.15) is 13.2 Å². The van der Waals surface area contributed by atoms with Gasteiger partial charge in [-0.1, -0.05) is 6.08 Å². The molecule has 0 aromatic heterocycles. The maximum Gasteiger partial charge on any atom is 0.401 e. The molecule has 5 nitrogen and oxygen atoms in total. The second-order valence-electron chi connectivity index (χ2n) is 3.39. The predicted molar refractivity (Wildman–Crippen MR) is 57.7 cm³/mol. The molecule has 1 atom stereocenters. The van der Waals surface area contributed by atoms with Crippen molar-refractivity contribution in [2.75, 3.05) is 20.2 Å². The van der Waals surface area contributed by atoms with Crippen LogP contribution >= 0.6 is 0 Å². The number of hydrogen-bond acceptors (Lipinski definition) is 4. The maximum atomic E-state index is 11.8. The van der Waals surface area contributed by atoms with E-state index in [2.05, 4.69) is 16.6 Å². The Hall–Kier alpha value is -1.57. The van der Waals surface area contributed by atoms with Crippen LogP contribution in [-0.4, -0.2) is 44.3 Å². The summed E-state index contributed by atoms with van der Waals surface area (Å²) in [5.74, 6) is -1.41. The van der Waals surface area contributed by atoms with Gasteiger partial charge in [-0.3, -0.25) is 4.79 Å². The summed E-state index contributed by atoms with van der Waals surface area (Å²) in [6, 6.07) is -0.937. The zero-order valence-electron chi connectivity index (χ0n) is 9.84. The van der Waals surface area contributed by atoms with Gasteiger partial charge in [-0.05, 0) is 6.42 Å². The lowest BCUT2D eigenvalue weighted by molar-refractivity contribution is -0.145. The minimum atomic E-state index is -4.39. The molecular formula is C10H15F3N2O3. The molecule has 0 spiro atoms. The lowest BCUT2D eigenvalue weighted by atomic mass is 10.2. The molecule has 0 heterocycles. The van der Waals surface area contributed by atoms with Crippen LogP contribution in [-0.2, 0) is 14.3 Å². The van der Waals surface area contributed by atoms with Crippen LogP contribution in [0.1, 0.15) is 6.42 Å². The molecule has 0 aromatic rings. The maximum absolute atomic E-state index is 11.8. The zero-order valence-corrected chi connectivity index (χ0v) is 9.84. The van der Waals surface area contributed by atoms with E-state index in [1.807, 2.05) is 5.32 Å². The average Bonchev–Trinajstić information content (AvgIpc) is 2.25. The summed E-state index contributed by atoms with van der Waals surface area (Å²) in [6.45, 7) is 1.58. The first-order valence-electron chi connectivity index (χ1n) is 5.05. The molecule has 0 aliphatic heterocycles. The van der Waals surface area contributed by atoms with Crippen molar-refractivity contribution in [1.82, 2.24) is 10.6 Å². The summed E-state index contributed by atoms with van der Waals surface area (Å²) in [5, 5.41) is 4.15. The lowest BCUT2D eigenvalue weighted by Crippen LogP contribution is -2.46. The van der Waals surface area contributed by atoms with Crippen LogP contribution in [0.4, 0.5) is 13.2 Å². The van der Waals surface area contributed by atoms with E-state index in [1.165, 1.54) is 6.08 Å². The summed E-state index contributed by atoms with van der Waals surface area (Å²) < 4.78 is 39.8. The minimum absolute atomic E-state index is 0.137. The topological polar surface area (TPSA) is 67.4 Å². The molecule has 1 amide bonds. The molecule has 2 N–H and O–H groups in total. The van der Waals surface area contributed by atoms with Crippen LogP contribution in [0.15, 0.2) is 12.7 Å². The molecule has 8 heteroatoms. The van der Waals surface area contributed by atoms with E-state index in [4.69, 9.17) is 0 Å². The minimum Gasteiger partial charge on any atom is -0.467 e. The number of carbonyl (C=O) groups excluding carboxylic acids is 2. The van der Waals surface area contributed by atoms with Crippen molar-refractivity contribution in [3.63, 3.8) is 0 Å². The van der Waals surface area contributed by atoms with E-state index in [0.29, 0.717) is 0 Å². The number of methoxy groups -OCH3 is 1. The van der Waals surface area contributed by atoms with Crippen LogP contribution in [0.25, 0.3) is 0 Å². The van der Waals surface area contributed by atoms with Gasteiger partial charge in [0.05, 0.1) is 20.2 Å². The van der Waals surface area contributed by atoms with Crippen molar-refractivity contribution in [1.29, 1.82) is 0 Å². The first-order valence-corrected chi connectivity index (χ1v) is 5.05. The second kappa shape index (κ2) is 7.70. The highest BCUT2D eigenvalue weighted by Crippen LogP contribution is 2.11. The fourth-order valence-corrected chi connectivity index (χ4v) is 1.09. The highest BCUT2D eigenvalue weighted by atomic mass is 19.4. The van der Waals surface area contributed by atoms with Crippen LogP contribution in [0.5, 0.6) is 0 Å². The number of halogens is 3. The number of hydrogen-bond donors (Lipinski definition) is 2. The monoisotopic (exact) mass is 268 g/mol. The summed E-state index contributed by atoms with van der Waals surface area (Å²) in [5.41, 5.74) is 0. The summed E-state index contributed by atoms with van der Waals surface area (Å²) in [4.78, 5) is 22.4. The van der Waals surface area contributed by atoms with Crippen molar-refractivity contribution in [3.05, 3.63) is 12.7 Å². The summed E-state index contributed by atoms with van der Waals surface area (Å²) in [7, 11) is 1.15. The number of carbonyl (C=O) groups is 2. The Kier molecular flexibility index (Phi) is 7.03. The standard InChI is InChI=1S/C10H15F3N2O3/c1-3-4-7(9(17)18-2)15-8(16)5-14-6-10(11,12)13/h3,7,14H,1,4-6H2,2H3,(H,15,16). The predicted octanol–water partition coefficient (Wildman–Crippen LogP) is 0.372. The molecule has 0 aliphatic rings. The Balaban J connectivity index is 4.10. The van der Waals surface area contributed by atoms with Gasteiger partial charge in [-0.25, -0.2) is 4.79 Å². The van der Waals surface area contributed by atoms with E-state index in [0.717, 1.165) is 7.11 Å². The molecule has 0 aromatic carbocycles. The molecule has 1 unspecified atom stereocenters. The van der Waals surface area contributed by atoms with E-state index < -0.39 is 37.2 Å². The van der Waals surface area contributed by atoms with E-state index in [1.54, 1.807) is 0 Å². The Labute approximate surface area is 102 Å². The SMILES string of the molecule is C=CCC(NC(=O)CNCC(F)(F)F)C(=O)OC. The number of rotatable bonds is 7. The normalized spacial score (nSPS) is 12.7. The number of alkyl halides is 3. The third kappa shape index (κ3) is 7.66. The molecule has 18 heavy (non-hydrogen) atoms.